The second-order valence-corrected chi connectivity index (χ2v) is 7.01. The van der Waals surface area contributed by atoms with Crippen molar-refractivity contribution in [2.24, 2.45) is 5.10 Å². The van der Waals surface area contributed by atoms with Crippen LogP contribution in [0.2, 0.25) is 0 Å². The Morgan fingerprint density at radius 2 is 1.75 bits per heavy atom. The number of carbonyl (C=O) groups excluding carboxylic acids is 3. The highest BCUT2D eigenvalue weighted by molar-refractivity contribution is 6.35. The van der Waals surface area contributed by atoms with E-state index >= 15 is 0 Å². The largest absolute Gasteiger partial charge is 0.484 e. The van der Waals surface area contributed by atoms with E-state index in [4.69, 9.17) is 9.47 Å². The van der Waals surface area contributed by atoms with E-state index in [9.17, 15) is 14.4 Å². The number of aryl methyl sites for hydroxylation is 2. The molecular formula is C23H28N4O5. The highest BCUT2D eigenvalue weighted by Crippen LogP contribution is 2.15. The van der Waals surface area contributed by atoms with Crippen molar-refractivity contribution in [2.75, 3.05) is 32.2 Å². The summed E-state index contributed by atoms with van der Waals surface area (Å²) < 4.78 is 10.4. The number of benzene rings is 2. The van der Waals surface area contributed by atoms with E-state index in [1.54, 1.807) is 31.4 Å². The van der Waals surface area contributed by atoms with Crippen LogP contribution in [0, 0.1) is 13.8 Å². The minimum Gasteiger partial charge on any atom is -0.484 e. The van der Waals surface area contributed by atoms with Gasteiger partial charge >= 0.3 is 11.8 Å². The van der Waals surface area contributed by atoms with Gasteiger partial charge in [0.2, 0.25) is 0 Å². The van der Waals surface area contributed by atoms with Gasteiger partial charge in [-0.05, 0) is 73.4 Å². The summed E-state index contributed by atoms with van der Waals surface area (Å²) in [4.78, 5) is 35.3. The highest BCUT2D eigenvalue weighted by Gasteiger charge is 2.11. The predicted molar refractivity (Wildman–Crippen MR) is 122 cm³/mol. The summed E-state index contributed by atoms with van der Waals surface area (Å²) in [6, 6.07) is 12.5. The molecule has 32 heavy (non-hydrogen) atoms. The number of methoxy groups -OCH3 is 1. The summed E-state index contributed by atoms with van der Waals surface area (Å²) >= 11 is 0. The summed E-state index contributed by atoms with van der Waals surface area (Å²) in [5.74, 6) is -1.37. The SMILES string of the molecule is COCCCNC(=O)C(=O)N/N=C\c1ccc(OCC(=O)Nc2ccc(C)c(C)c2)cc1. The Bertz CT molecular complexity index is 957. The van der Waals surface area contributed by atoms with Gasteiger partial charge in [-0.3, -0.25) is 14.4 Å². The van der Waals surface area contributed by atoms with Gasteiger partial charge in [0.1, 0.15) is 5.75 Å². The van der Waals surface area contributed by atoms with Crippen LogP contribution in [0.25, 0.3) is 0 Å². The number of hydrazone groups is 1. The first kappa shape index (κ1) is 24.5. The van der Waals surface area contributed by atoms with Crippen molar-refractivity contribution in [1.82, 2.24) is 10.7 Å². The van der Waals surface area contributed by atoms with Crippen LogP contribution >= 0.6 is 0 Å². The van der Waals surface area contributed by atoms with E-state index in [1.807, 2.05) is 32.0 Å². The van der Waals surface area contributed by atoms with E-state index in [2.05, 4.69) is 21.2 Å². The molecule has 0 atom stereocenters. The fourth-order valence-electron chi connectivity index (χ4n) is 2.53. The van der Waals surface area contributed by atoms with Gasteiger partial charge in [-0.25, -0.2) is 5.43 Å². The number of hydrogen-bond donors (Lipinski definition) is 3. The number of amides is 3. The smallest absolute Gasteiger partial charge is 0.329 e. The van der Waals surface area contributed by atoms with Crippen molar-refractivity contribution in [1.29, 1.82) is 0 Å². The number of rotatable bonds is 10. The first-order valence-electron chi connectivity index (χ1n) is 10.1. The maximum Gasteiger partial charge on any atom is 0.329 e. The molecule has 2 aromatic rings. The zero-order valence-corrected chi connectivity index (χ0v) is 18.4. The number of hydrogen-bond acceptors (Lipinski definition) is 6. The third-order valence-corrected chi connectivity index (χ3v) is 4.44. The quantitative estimate of drug-likeness (QED) is 0.226. The Morgan fingerprint density at radius 1 is 1.00 bits per heavy atom. The number of carbonyl (C=O) groups is 3. The topological polar surface area (TPSA) is 118 Å². The van der Waals surface area contributed by atoms with E-state index < -0.39 is 11.8 Å². The Labute approximate surface area is 187 Å². The first-order chi connectivity index (χ1) is 15.4. The van der Waals surface area contributed by atoms with Crippen molar-refractivity contribution >= 4 is 29.6 Å². The Hall–Kier alpha value is -3.72. The highest BCUT2D eigenvalue weighted by atomic mass is 16.5. The molecule has 3 N–H and O–H groups in total. The predicted octanol–water partition coefficient (Wildman–Crippen LogP) is 1.92. The fourth-order valence-corrected chi connectivity index (χ4v) is 2.53. The second kappa shape index (κ2) is 12.9. The van der Waals surface area contributed by atoms with Crippen LogP contribution in [0.15, 0.2) is 47.6 Å². The Morgan fingerprint density at radius 3 is 2.44 bits per heavy atom. The summed E-state index contributed by atoms with van der Waals surface area (Å²) in [5.41, 5.74) is 5.81. The average Bonchev–Trinajstić information content (AvgIpc) is 2.78. The molecular weight excluding hydrogens is 412 g/mol. The van der Waals surface area contributed by atoms with Gasteiger partial charge < -0.3 is 20.1 Å². The molecule has 9 heteroatoms. The van der Waals surface area contributed by atoms with Crippen molar-refractivity contribution < 1.29 is 23.9 Å². The zero-order chi connectivity index (χ0) is 23.3. The maximum atomic E-state index is 12.1. The third kappa shape index (κ3) is 8.57. The van der Waals surface area contributed by atoms with E-state index in [-0.39, 0.29) is 12.5 Å². The van der Waals surface area contributed by atoms with Crippen molar-refractivity contribution in [2.45, 2.75) is 20.3 Å². The van der Waals surface area contributed by atoms with Crippen LogP contribution in [-0.4, -0.2) is 50.8 Å². The van der Waals surface area contributed by atoms with Crippen molar-refractivity contribution in [3.8, 4) is 5.75 Å². The molecule has 0 aromatic heterocycles. The number of ether oxygens (including phenoxy) is 2. The molecule has 0 heterocycles. The minimum atomic E-state index is -0.853. The van der Waals surface area contributed by atoms with Gasteiger partial charge in [0.15, 0.2) is 6.61 Å². The summed E-state index contributed by atoms with van der Waals surface area (Å²) in [6.07, 6.45) is 2.01. The lowest BCUT2D eigenvalue weighted by Crippen LogP contribution is -2.38. The van der Waals surface area contributed by atoms with Gasteiger partial charge in [0.25, 0.3) is 5.91 Å². The number of nitrogens with one attached hydrogen (secondary N) is 3. The summed E-state index contributed by atoms with van der Waals surface area (Å²) in [5, 5.41) is 9.01. The molecule has 2 rings (SSSR count). The lowest BCUT2D eigenvalue weighted by Gasteiger charge is -2.09. The van der Waals surface area contributed by atoms with Gasteiger partial charge in [-0.2, -0.15) is 5.10 Å². The zero-order valence-electron chi connectivity index (χ0n) is 18.4. The molecule has 0 unspecified atom stereocenters. The van der Waals surface area contributed by atoms with Crippen molar-refractivity contribution in [3.05, 3.63) is 59.2 Å². The van der Waals surface area contributed by atoms with Gasteiger partial charge in [-0.1, -0.05) is 6.07 Å². The first-order valence-corrected chi connectivity index (χ1v) is 10.1. The molecule has 0 radical (unpaired) electrons. The fraction of sp³-hybridized carbons (Fsp3) is 0.304. The average molecular weight is 441 g/mol. The molecule has 0 saturated carbocycles. The molecule has 0 spiro atoms. The molecule has 0 bridgehead atoms. The Kier molecular flexibility index (Phi) is 9.86. The molecule has 0 fully saturated rings. The Balaban J connectivity index is 1.74. The van der Waals surface area contributed by atoms with Gasteiger partial charge in [0, 0.05) is 25.9 Å². The molecule has 0 aliphatic rings. The van der Waals surface area contributed by atoms with Crippen molar-refractivity contribution in [3.63, 3.8) is 0 Å². The normalized spacial score (nSPS) is 10.6. The van der Waals surface area contributed by atoms with Crippen LogP contribution < -0.4 is 20.8 Å². The van der Waals surface area contributed by atoms with Crippen LogP contribution in [-0.2, 0) is 19.1 Å². The molecule has 9 nitrogen and oxygen atoms in total. The van der Waals surface area contributed by atoms with Crippen LogP contribution in [0.4, 0.5) is 5.69 Å². The van der Waals surface area contributed by atoms with E-state index in [0.717, 1.165) is 16.8 Å². The summed E-state index contributed by atoms with van der Waals surface area (Å²) in [7, 11) is 1.56. The minimum absolute atomic E-state index is 0.129. The third-order valence-electron chi connectivity index (χ3n) is 4.44. The van der Waals surface area contributed by atoms with Crippen LogP contribution in [0.5, 0.6) is 5.75 Å². The van der Waals surface area contributed by atoms with Crippen LogP contribution in [0.3, 0.4) is 0 Å². The molecule has 0 aliphatic heterocycles. The summed E-state index contributed by atoms with van der Waals surface area (Å²) in [6.45, 7) is 4.70. The maximum absolute atomic E-state index is 12.1. The van der Waals surface area contributed by atoms with Gasteiger partial charge in [0.05, 0.1) is 6.21 Å². The molecule has 2 aromatic carbocycles. The molecule has 0 aliphatic carbocycles. The van der Waals surface area contributed by atoms with Gasteiger partial charge in [-0.15, -0.1) is 0 Å². The second-order valence-electron chi connectivity index (χ2n) is 7.01. The molecule has 170 valence electrons. The molecule has 3 amide bonds. The monoisotopic (exact) mass is 440 g/mol. The lowest BCUT2D eigenvalue weighted by molar-refractivity contribution is -0.139. The standard InChI is InChI=1S/C23H28N4O5/c1-16-5-8-19(13-17(16)2)26-21(28)15-32-20-9-6-18(7-10-20)14-25-27-23(30)22(29)24-11-4-12-31-3/h5-10,13-14H,4,11-12,15H2,1-3H3,(H,24,29)(H,26,28)(H,27,30)/b25-14-. The van der Waals surface area contributed by atoms with E-state index in [1.165, 1.54) is 6.21 Å². The lowest BCUT2D eigenvalue weighted by atomic mass is 10.1. The number of anilines is 1. The van der Waals surface area contributed by atoms with E-state index in [0.29, 0.717) is 30.9 Å². The number of nitrogens with zero attached hydrogens (tertiary/aromatic N) is 1. The molecule has 0 saturated heterocycles. The van der Waals surface area contributed by atoms with Crippen LogP contribution in [0.1, 0.15) is 23.1 Å².